The van der Waals surface area contributed by atoms with Gasteiger partial charge in [0.15, 0.2) is 23.0 Å². The van der Waals surface area contributed by atoms with E-state index in [0.717, 1.165) is 16.8 Å². The Kier molecular flexibility index (Phi) is 5.21. The van der Waals surface area contributed by atoms with E-state index in [0.29, 0.717) is 40.8 Å². The number of amides is 1. The van der Waals surface area contributed by atoms with E-state index in [9.17, 15) is 4.79 Å². The zero-order valence-electron chi connectivity index (χ0n) is 16.7. The number of para-hydroxylation sites is 1. The second-order valence-electron chi connectivity index (χ2n) is 6.34. The first kappa shape index (κ1) is 19.3. The molecule has 0 saturated heterocycles. The Hall–Kier alpha value is -4.07. The summed E-state index contributed by atoms with van der Waals surface area (Å²) in [6.45, 7) is 0. The van der Waals surface area contributed by atoms with Crippen LogP contribution in [0.1, 0.15) is 0 Å². The lowest BCUT2D eigenvalue weighted by molar-refractivity contribution is -0.105. The summed E-state index contributed by atoms with van der Waals surface area (Å²) in [5.74, 6) is 2.26. The maximum Gasteiger partial charge on any atom is 0.212 e. The van der Waals surface area contributed by atoms with Crippen molar-refractivity contribution in [2.75, 3.05) is 26.6 Å². The molecule has 1 amide bonds. The maximum absolute atomic E-state index is 11.2. The Balaban J connectivity index is 1.95. The van der Waals surface area contributed by atoms with E-state index in [4.69, 9.17) is 14.2 Å². The number of nitrogens with zero attached hydrogens (tertiary/aromatic N) is 3. The van der Waals surface area contributed by atoms with Gasteiger partial charge in [-0.3, -0.25) is 9.20 Å². The van der Waals surface area contributed by atoms with Crippen LogP contribution in [0.25, 0.3) is 28.2 Å². The lowest BCUT2D eigenvalue weighted by Gasteiger charge is -2.12. The van der Waals surface area contributed by atoms with Crippen LogP contribution in [0.5, 0.6) is 17.2 Å². The molecule has 8 heteroatoms. The molecule has 4 rings (SSSR count). The molecule has 2 aromatic heterocycles. The lowest BCUT2D eigenvalue weighted by atomic mass is 10.1. The Labute approximate surface area is 173 Å². The number of imidazole rings is 1. The smallest absolute Gasteiger partial charge is 0.212 e. The number of hydrogen-bond donors (Lipinski definition) is 1. The molecule has 0 atom stereocenters. The van der Waals surface area contributed by atoms with E-state index in [1.165, 1.54) is 0 Å². The zero-order chi connectivity index (χ0) is 21.1. The summed E-state index contributed by atoms with van der Waals surface area (Å²) in [5, 5.41) is 2.64. The molecule has 0 radical (unpaired) electrons. The molecule has 0 bridgehead atoms. The standard InChI is InChI=1S/C22H20N4O4/c1-28-18-7-5-4-6-15(18)16-12-26-17(11-23-22(26)21(25-16)24-13-27)14-8-9-19(29-2)20(10-14)30-3/h4-13H,1-3H3,(H,24,25,27). The van der Waals surface area contributed by atoms with Gasteiger partial charge in [-0.25, -0.2) is 9.97 Å². The molecule has 0 aliphatic heterocycles. The lowest BCUT2D eigenvalue weighted by Crippen LogP contribution is -2.03. The largest absolute Gasteiger partial charge is 0.496 e. The minimum absolute atomic E-state index is 0.347. The van der Waals surface area contributed by atoms with Gasteiger partial charge in [-0.15, -0.1) is 0 Å². The van der Waals surface area contributed by atoms with Crippen LogP contribution >= 0.6 is 0 Å². The quantitative estimate of drug-likeness (QED) is 0.473. The molecule has 0 spiro atoms. The summed E-state index contributed by atoms with van der Waals surface area (Å²) in [6, 6.07) is 13.2. The van der Waals surface area contributed by atoms with Crippen molar-refractivity contribution in [2.45, 2.75) is 0 Å². The van der Waals surface area contributed by atoms with Gasteiger partial charge < -0.3 is 19.5 Å². The van der Waals surface area contributed by atoms with E-state index in [-0.39, 0.29) is 0 Å². The summed E-state index contributed by atoms with van der Waals surface area (Å²) < 4.78 is 18.1. The molecule has 8 nitrogen and oxygen atoms in total. The van der Waals surface area contributed by atoms with Crippen molar-refractivity contribution >= 4 is 17.9 Å². The van der Waals surface area contributed by atoms with Gasteiger partial charge in [-0.05, 0) is 30.3 Å². The minimum Gasteiger partial charge on any atom is -0.496 e. The van der Waals surface area contributed by atoms with Gasteiger partial charge in [0.25, 0.3) is 0 Å². The van der Waals surface area contributed by atoms with Crippen LogP contribution in [-0.2, 0) is 4.79 Å². The summed E-state index contributed by atoms with van der Waals surface area (Å²) >= 11 is 0. The van der Waals surface area contributed by atoms with Gasteiger partial charge in [0.2, 0.25) is 6.41 Å². The Bertz CT molecular complexity index is 1220. The summed E-state index contributed by atoms with van der Waals surface area (Å²) in [5.41, 5.74) is 3.62. The first-order valence-corrected chi connectivity index (χ1v) is 9.14. The van der Waals surface area contributed by atoms with Crippen LogP contribution in [0.3, 0.4) is 0 Å². The average Bonchev–Trinajstić information content (AvgIpc) is 3.23. The van der Waals surface area contributed by atoms with Gasteiger partial charge in [0, 0.05) is 17.3 Å². The number of aromatic nitrogens is 3. The normalized spacial score (nSPS) is 10.6. The molecule has 2 aromatic carbocycles. The average molecular weight is 404 g/mol. The third-order valence-corrected chi connectivity index (χ3v) is 4.75. The number of rotatable bonds is 7. The zero-order valence-corrected chi connectivity index (χ0v) is 16.7. The molecule has 0 unspecified atom stereocenters. The highest BCUT2D eigenvalue weighted by Crippen LogP contribution is 2.35. The number of nitrogens with one attached hydrogen (secondary N) is 1. The maximum atomic E-state index is 11.2. The summed E-state index contributed by atoms with van der Waals surface area (Å²) in [7, 11) is 4.79. The van der Waals surface area contributed by atoms with Crippen LogP contribution in [-0.4, -0.2) is 42.1 Å². The number of anilines is 1. The second kappa shape index (κ2) is 8.12. The number of hydrogen-bond acceptors (Lipinski definition) is 6. The van der Waals surface area contributed by atoms with Crippen molar-refractivity contribution in [3.8, 4) is 39.8 Å². The fourth-order valence-electron chi connectivity index (χ4n) is 3.34. The molecule has 4 aromatic rings. The van der Waals surface area contributed by atoms with Crippen LogP contribution in [0.2, 0.25) is 0 Å². The molecule has 152 valence electrons. The Morgan fingerprint density at radius 1 is 0.967 bits per heavy atom. The molecule has 0 aliphatic carbocycles. The van der Waals surface area contributed by atoms with Gasteiger partial charge in [-0.1, -0.05) is 12.1 Å². The fourth-order valence-corrected chi connectivity index (χ4v) is 3.34. The molecule has 30 heavy (non-hydrogen) atoms. The fraction of sp³-hybridized carbons (Fsp3) is 0.136. The number of benzene rings is 2. The van der Waals surface area contributed by atoms with Crippen LogP contribution < -0.4 is 19.5 Å². The predicted molar refractivity (Wildman–Crippen MR) is 113 cm³/mol. The number of fused-ring (bicyclic) bond motifs is 1. The Morgan fingerprint density at radius 3 is 2.47 bits per heavy atom. The first-order valence-electron chi connectivity index (χ1n) is 9.14. The van der Waals surface area contributed by atoms with Crippen molar-refractivity contribution in [3.05, 3.63) is 54.9 Å². The van der Waals surface area contributed by atoms with Gasteiger partial charge in [-0.2, -0.15) is 0 Å². The van der Waals surface area contributed by atoms with E-state index in [2.05, 4.69) is 15.3 Å². The van der Waals surface area contributed by atoms with E-state index in [1.54, 1.807) is 27.5 Å². The highest BCUT2D eigenvalue weighted by Gasteiger charge is 2.16. The van der Waals surface area contributed by atoms with Crippen molar-refractivity contribution in [1.29, 1.82) is 0 Å². The SMILES string of the molecule is COc1ccc(-c2cnc3c(NC=O)nc(-c4ccccc4OC)cn23)cc1OC. The van der Waals surface area contributed by atoms with Crippen molar-refractivity contribution in [3.63, 3.8) is 0 Å². The highest BCUT2D eigenvalue weighted by atomic mass is 16.5. The van der Waals surface area contributed by atoms with Gasteiger partial charge >= 0.3 is 0 Å². The van der Waals surface area contributed by atoms with E-state index >= 15 is 0 Å². The molecular formula is C22H20N4O4. The van der Waals surface area contributed by atoms with Crippen molar-refractivity contribution < 1.29 is 19.0 Å². The molecule has 0 saturated carbocycles. The predicted octanol–water partition coefficient (Wildman–Crippen LogP) is 3.66. The number of carbonyl (C=O) groups excluding carboxylic acids is 1. The second-order valence-corrected chi connectivity index (χ2v) is 6.34. The van der Waals surface area contributed by atoms with Crippen molar-refractivity contribution in [1.82, 2.24) is 14.4 Å². The van der Waals surface area contributed by atoms with E-state index in [1.807, 2.05) is 53.1 Å². The molecular weight excluding hydrogens is 384 g/mol. The number of methoxy groups -OCH3 is 3. The molecule has 2 heterocycles. The van der Waals surface area contributed by atoms with E-state index < -0.39 is 0 Å². The van der Waals surface area contributed by atoms with Crippen molar-refractivity contribution in [2.24, 2.45) is 0 Å². The summed E-state index contributed by atoms with van der Waals surface area (Å²) in [6.07, 6.45) is 4.17. The summed E-state index contributed by atoms with van der Waals surface area (Å²) in [4.78, 5) is 20.2. The molecule has 0 aliphatic rings. The highest BCUT2D eigenvalue weighted by molar-refractivity contribution is 5.82. The monoisotopic (exact) mass is 404 g/mol. The third-order valence-electron chi connectivity index (χ3n) is 4.75. The number of ether oxygens (including phenoxy) is 3. The molecule has 1 N–H and O–H groups in total. The van der Waals surface area contributed by atoms with Gasteiger partial charge in [0.1, 0.15) is 5.75 Å². The third kappa shape index (κ3) is 3.28. The molecule has 0 fully saturated rings. The minimum atomic E-state index is 0.347. The number of carbonyl (C=O) groups is 1. The van der Waals surface area contributed by atoms with Gasteiger partial charge in [0.05, 0.1) is 38.9 Å². The Morgan fingerprint density at radius 2 is 1.73 bits per heavy atom. The van der Waals surface area contributed by atoms with Crippen LogP contribution in [0, 0.1) is 0 Å². The van der Waals surface area contributed by atoms with Crippen LogP contribution in [0.4, 0.5) is 5.82 Å². The first-order chi connectivity index (χ1) is 14.7. The van der Waals surface area contributed by atoms with Crippen LogP contribution in [0.15, 0.2) is 54.9 Å². The topological polar surface area (TPSA) is 87.0 Å².